The number of amides is 5. The number of nitrogens with two attached hydrogens (primary N) is 4. The molecule has 36 nitrogen and oxygen atoms in total. The lowest BCUT2D eigenvalue weighted by atomic mass is 10.2. The van der Waals surface area contributed by atoms with E-state index in [1.54, 1.807) is 82.5 Å². The van der Waals surface area contributed by atoms with Crippen molar-refractivity contribution >= 4 is 141 Å². The van der Waals surface area contributed by atoms with Gasteiger partial charge in [0.15, 0.2) is 0 Å². The van der Waals surface area contributed by atoms with Crippen LogP contribution >= 0.6 is 47.0 Å². The van der Waals surface area contributed by atoms with Gasteiger partial charge in [0.25, 0.3) is 11.4 Å². The predicted molar refractivity (Wildman–Crippen MR) is 501 cm³/mol. The molecule has 1 saturated heterocycles. The van der Waals surface area contributed by atoms with Gasteiger partial charge in [-0.1, -0.05) is 133 Å². The first-order valence-corrected chi connectivity index (χ1v) is 48.0. The second-order valence-electron chi connectivity index (χ2n) is 29.1. The highest BCUT2D eigenvalue weighted by atomic mass is 32.2. The smallest absolute Gasteiger partial charge is 0.407 e. The molecule has 5 amide bonds. The van der Waals surface area contributed by atoms with Gasteiger partial charge < -0.3 is 60.8 Å². The van der Waals surface area contributed by atoms with Gasteiger partial charge in [-0.25, -0.2) is 50.3 Å². The van der Waals surface area contributed by atoms with Crippen LogP contribution in [0.2, 0.25) is 0 Å². The van der Waals surface area contributed by atoms with Crippen LogP contribution in [-0.4, -0.2) is 218 Å². The van der Waals surface area contributed by atoms with Crippen LogP contribution in [0.3, 0.4) is 0 Å². The van der Waals surface area contributed by atoms with Gasteiger partial charge in [0.1, 0.15) is 31.2 Å². The van der Waals surface area contributed by atoms with Crippen molar-refractivity contribution in [2.24, 2.45) is 21.2 Å². The molecule has 9 aromatic rings. The highest BCUT2D eigenvalue weighted by Crippen LogP contribution is 2.33. The van der Waals surface area contributed by atoms with Gasteiger partial charge in [0, 0.05) is 140 Å². The summed E-state index contributed by atoms with van der Waals surface area (Å²) in [5, 5.41) is 59.6. The van der Waals surface area contributed by atoms with Crippen LogP contribution in [0.5, 0.6) is 0 Å². The number of carbonyl (C=O) groups is 6. The van der Waals surface area contributed by atoms with Crippen LogP contribution in [-0.2, 0) is 76.7 Å². The fraction of sp³-hybridized carbons (Fsp3) is 0.302. The van der Waals surface area contributed by atoms with Crippen molar-refractivity contribution in [2.75, 3.05) is 103 Å². The number of nitro benzene ring substituents is 3. The number of nitro groups is 3. The molecule has 9 aromatic carbocycles. The molecule has 12 N–H and O–H groups in total. The highest BCUT2D eigenvalue weighted by Gasteiger charge is 2.28. The van der Waals surface area contributed by atoms with Gasteiger partial charge in [-0.15, -0.1) is 47.0 Å². The lowest BCUT2D eigenvalue weighted by molar-refractivity contribution is -0.387. The van der Waals surface area contributed by atoms with Gasteiger partial charge >= 0.3 is 23.8 Å². The number of esters is 1. The number of carbonyl (C=O) groups excluding carboxylic acids is 6. The third kappa shape index (κ3) is 43.1. The molecule has 0 saturated carbocycles. The number of benzene rings is 9. The molecule has 1 fully saturated rings. The molecule has 1 heterocycles. The number of anilines is 2. The molecule has 5 atom stereocenters. The molecule has 0 aromatic heterocycles. The van der Waals surface area contributed by atoms with Gasteiger partial charge in [0.2, 0.25) is 53.6 Å². The number of halogens is 1. The minimum atomic E-state index is -4.08. The first-order valence-electron chi connectivity index (χ1n) is 39.4. The zero-order valence-electron chi connectivity index (χ0n) is 72.3. The number of rotatable bonds is 37. The molecule has 10 rings (SSSR count). The summed E-state index contributed by atoms with van der Waals surface area (Å²) in [5.41, 5.74) is 6.46. The molecule has 0 radical (unpaired) electrons. The number of hydrogen-bond donors (Lipinski definition) is 8. The lowest BCUT2D eigenvalue weighted by Gasteiger charge is -2.21. The molecule has 0 unspecified atom stereocenters. The van der Waals surface area contributed by atoms with E-state index < -0.39 is 85.2 Å². The number of alkyl carbamates (subject to hydrolysis) is 2. The minimum absolute atomic E-state index is 0.0352. The van der Waals surface area contributed by atoms with Crippen molar-refractivity contribution in [1.82, 2.24) is 30.2 Å². The predicted octanol–water partition coefficient (Wildman–Crippen LogP) is 11.8. The maximum atomic E-state index is 12.7. The quantitative estimate of drug-likeness (QED) is 0.00589. The minimum Gasteiger partial charge on any atom is -0.463 e. The van der Waals surface area contributed by atoms with Crippen molar-refractivity contribution in [3.05, 3.63) is 284 Å². The third-order valence-electron chi connectivity index (χ3n) is 17.6. The van der Waals surface area contributed by atoms with Crippen molar-refractivity contribution in [3.63, 3.8) is 0 Å². The molecule has 700 valence electrons. The van der Waals surface area contributed by atoms with E-state index in [-0.39, 0.29) is 114 Å². The van der Waals surface area contributed by atoms with E-state index in [9.17, 15) is 88.8 Å². The van der Waals surface area contributed by atoms with E-state index in [1.165, 1.54) is 50.7 Å². The number of thioether (sulfide) groups is 4. The number of ether oxygens (including phenoxy) is 3. The molecule has 1 aliphatic heterocycles. The first-order chi connectivity index (χ1) is 61.4. The number of sulfonamides is 3. The van der Waals surface area contributed by atoms with Crippen LogP contribution < -0.4 is 42.4 Å². The van der Waals surface area contributed by atoms with Crippen LogP contribution in [0.4, 0.5) is 42.4 Å². The summed E-state index contributed by atoms with van der Waals surface area (Å²) in [6.45, 7) is 1.44. The highest BCUT2D eigenvalue weighted by molar-refractivity contribution is 8.00. The molecule has 0 spiro atoms. The Kier molecular flexibility index (Phi) is 46.8. The molecule has 0 aliphatic carbocycles. The Bertz CT molecular complexity index is 5500. The standard InChI is InChI=1S/C20H24N2O3S.C18H22N4O5S2.C18H24N4O4S2.C12H18N2OS.C12H13NO4.C6H5FN2O4S/c1-22(2)19(23)13-17(15-26-18-11-7-4-8-12-18)21-20(24)25-14-16-9-5-3-6-10-16;1-21(2)18(23)10-13(12-28-14-6-4-3-5-7-14)20-16-9-8-15(29(19,26)27)11-17(16)22(24)25;1-21(2)11-10-14(13-27-15-6-4-3-5-7-15)20-17-9-8-16(28(19,25)26)12-18(17)22(23)24;1-14(2)12(15)8-10(13)9-16-11-6-4-3-5-7-11;14-11-6-10(8-16-11)13-12(15)17-7-9-4-2-1-3-5-9;7-5-2-1-4(14(8,12)13)3-6(5)9(10)11/h3-12,17H,13-15H2,1-2H3,(H,21,24);3-9,11,13,20H,10,12H2,1-2H3,(H2,19,26,27);3-9,12,14,20H,10-11,13H2,1-2H3,(H2,19,25,26);3-7,10H,8-9,13H2,1-2H3;1-5,10H,6-8H2,(H,13,15);1-3H,(H2,8,12,13)/t17-;13-;14-;2*10-;/m11111./s1. The molecule has 130 heavy (non-hydrogen) atoms. The zero-order valence-corrected chi connectivity index (χ0v) is 78.1. The van der Waals surface area contributed by atoms with E-state index in [0.717, 1.165) is 62.7 Å². The Morgan fingerprint density at radius 2 is 0.792 bits per heavy atom. The second-order valence-corrected chi connectivity index (χ2v) is 38.1. The second kappa shape index (κ2) is 55.9. The van der Waals surface area contributed by atoms with Crippen LogP contribution in [0, 0.1) is 36.2 Å². The summed E-state index contributed by atoms with van der Waals surface area (Å²) in [5.74, 6) is 1.03. The van der Waals surface area contributed by atoms with Gasteiger partial charge in [-0.3, -0.25) is 49.5 Å². The van der Waals surface area contributed by atoms with Crippen LogP contribution in [0.1, 0.15) is 43.2 Å². The average molecular weight is 1930 g/mol. The number of hydrogen-bond acceptors (Lipinski definition) is 29. The number of primary sulfonamides is 3. The summed E-state index contributed by atoms with van der Waals surface area (Å²) in [6, 6.07) is 66.3. The van der Waals surface area contributed by atoms with Crippen molar-refractivity contribution < 1.29 is 87.4 Å². The third-order valence-corrected chi connectivity index (χ3v) is 25.0. The lowest BCUT2D eigenvalue weighted by Crippen LogP contribution is -2.40. The summed E-state index contributed by atoms with van der Waals surface area (Å²) in [7, 11) is 1.96. The number of nitrogens with one attached hydrogen (secondary N) is 4. The maximum absolute atomic E-state index is 12.7. The largest absolute Gasteiger partial charge is 0.463 e. The topological polar surface area (TPSA) is 527 Å². The van der Waals surface area contributed by atoms with Gasteiger partial charge in [-0.05, 0) is 123 Å². The Morgan fingerprint density at radius 3 is 1.15 bits per heavy atom. The van der Waals surface area contributed by atoms with Gasteiger partial charge in [-0.2, -0.15) is 4.39 Å². The van der Waals surface area contributed by atoms with E-state index in [2.05, 4.69) is 21.3 Å². The Balaban J connectivity index is 0.000000282. The molecule has 1 aliphatic rings. The van der Waals surface area contributed by atoms with Crippen molar-refractivity contribution in [1.29, 1.82) is 0 Å². The SMILES string of the molecule is CN(C)C(=O)C[C@@H](N)CSc1ccccc1.CN(C)C(=O)C[C@H](CSc1ccccc1)NC(=O)OCc1ccccc1.CN(C)C(=O)C[C@H](CSc1ccccc1)Nc1ccc(S(N)(=O)=O)cc1[N+](=O)[O-].CN(C)CC[C@H](CSc1ccccc1)Nc1ccc(S(N)(=O)=O)cc1[N+](=O)[O-].NS(=O)(=O)c1ccc(F)c([N+](=O)[O-])c1.O=C1C[C@@H](NC(=O)OCc2ccccc2)CO1. The van der Waals surface area contributed by atoms with Crippen molar-refractivity contribution in [2.45, 2.75) is 110 Å². The maximum Gasteiger partial charge on any atom is 0.407 e. The van der Waals surface area contributed by atoms with E-state index in [4.69, 9.17) is 35.4 Å². The van der Waals surface area contributed by atoms with E-state index in [1.807, 2.05) is 201 Å². The summed E-state index contributed by atoms with van der Waals surface area (Å²) < 4.78 is 95.2. The molecule has 0 bridgehead atoms. The molecular formula is C86H106FN15O21S7. The summed E-state index contributed by atoms with van der Waals surface area (Å²) in [4.78, 5) is 111. The summed E-state index contributed by atoms with van der Waals surface area (Å²) in [6.07, 6.45) is 0.679. The fourth-order valence-electron chi connectivity index (χ4n) is 10.7. The van der Waals surface area contributed by atoms with E-state index in [0.29, 0.717) is 35.8 Å². The first kappa shape index (κ1) is 109. The average Bonchev–Trinajstić information content (AvgIpc) is 0.827. The number of cyclic esters (lactones) is 1. The van der Waals surface area contributed by atoms with Crippen LogP contribution in [0.15, 0.2) is 271 Å². The monoisotopic (exact) mass is 1930 g/mol. The van der Waals surface area contributed by atoms with Crippen molar-refractivity contribution in [3.8, 4) is 0 Å². The Hall–Kier alpha value is -11.8. The molecule has 44 heteroatoms. The zero-order chi connectivity index (χ0) is 96.1. The molecular weight excluding hydrogens is 1820 g/mol. The van der Waals surface area contributed by atoms with Crippen LogP contribution in [0.25, 0.3) is 0 Å². The normalized spacial score (nSPS) is 12.9. The number of nitrogens with zero attached hydrogens (tertiary/aromatic N) is 7. The van der Waals surface area contributed by atoms with Gasteiger partial charge in [0.05, 0.1) is 48.0 Å². The van der Waals surface area contributed by atoms with E-state index >= 15 is 0 Å². The Labute approximate surface area is 771 Å². The Morgan fingerprint density at radius 1 is 0.462 bits per heavy atom. The summed E-state index contributed by atoms with van der Waals surface area (Å²) >= 11 is 6.44. The fourth-order valence-corrected chi connectivity index (χ4v) is 16.0.